The van der Waals surface area contributed by atoms with Crippen LogP contribution >= 0.6 is 0 Å². The molecule has 0 spiro atoms. The van der Waals surface area contributed by atoms with Crippen molar-refractivity contribution in [3.8, 4) is 0 Å². The Labute approximate surface area is 117 Å². The van der Waals surface area contributed by atoms with Gasteiger partial charge >= 0.3 is 12.1 Å². The van der Waals surface area contributed by atoms with Crippen LogP contribution in [0.2, 0.25) is 0 Å². The monoisotopic (exact) mass is 288 g/mol. The summed E-state index contributed by atoms with van der Waals surface area (Å²) in [6.07, 6.45) is -0.0714. The summed E-state index contributed by atoms with van der Waals surface area (Å²) < 4.78 is 9.54. The minimum atomic E-state index is -0.943. The van der Waals surface area contributed by atoms with E-state index in [1.54, 1.807) is 4.90 Å². The number of imide groups is 1. The van der Waals surface area contributed by atoms with Crippen LogP contribution in [-0.4, -0.2) is 67.4 Å². The smallest absolute Gasteiger partial charge is 0.413 e. The molecule has 0 aromatic carbocycles. The minimum absolute atomic E-state index is 0.0687. The minimum Gasteiger partial charge on any atom is -0.481 e. The van der Waals surface area contributed by atoms with Crippen molar-refractivity contribution in [2.75, 3.05) is 33.4 Å². The van der Waals surface area contributed by atoms with Crippen molar-refractivity contribution < 1.29 is 29.0 Å². The third-order valence-corrected chi connectivity index (χ3v) is 3.12. The Hall–Kier alpha value is -1.67. The summed E-state index contributed by atoms with van der Waals surface area (Å²) in [6, 6.07) is -0.365. The molecule has 8 nitrogen and oxygen atoms in total. The number of ether oxygens (including phenoxy) is 2. The summed E-state index contributed by atoms with van der Waals surface area (Å²) in [7, 11) is 1.16. The molecule has 1 rings (SSSR count). The highest BCUT2D eigenvalue weighted by molar-refractivity contribution is 5.92. The van der Waals surface area contributed by atoms with Gasteiger partial charge in [-0.05, 0) is 13.0 Å². The van der Waals surface area contributed by atoms with E-state index in [0.717, 1.165) is 13.5 Å². The van der Waals surface area contributed by atoms with Gasteiger partial charge in [-0.1, -0.05) is 6.92 Å². The molecule has 0 radical (unpaired) electrons. The zero-order valence-corrected chi connectivity index (χ0v) is 11.6. The molecule has 1 saturated heterocycles. The van der Waals surface area contributed by atoms with E-state index in [0.29, 0.717) is 6.54 Å². The van der Waals surface area contributed by atoms with Gasteiger partial charge in [-0.25, -0.2) is 4.79 Å². The highest BCUT2D eigenvalue weighted by atomic mass is 16.5. The molecule has 1 aliphatic rings. The second-order valence-electron chi connectivity index (χ2n) is 4.56. The summed E-state index contributed by atoms with van der Waals surface area (Å²) in [5, 5.41) is 11.2. The molecule has 1 heterocycles. The number of nitrogens with one attached hydrogen (secondary N) is 1. The Kier molecular flexibility index (Phi) is 6.40. The maximum Gasteiger partial charge on any atom is 0.413 e. The Morgan fingerprint density at radius 2 is 2.10 bits per heavy atom. The lowest BCUT2D eigenvalue weighted by molar-refractivity contribution is -0.143. The highest BCUT2D eigenvalue weighted by Gasteiger charge is 2.38. The fourth-order valence-electron chi connectivity index (χ4n) is 2.18. The fourth-order valence-corrected chi connectivity index (χ4v) is 2.18. The van der Waals surface area contributed by atoms with Crippen LogP contribution in [0.5, 0.6) is 0 Å². The predicted octanol–water partition coefficient (Wildman–Crippen LogP) is -0.319. The van der Waals surface area contributed by atoms with Crippen molar-refractivity contribution in [2.24, 2.45) is 5.92 Å². The quantitative estimate of drug-likeness (QED) is 0.690. The SMILES string of the molecule is CCCN(CC(=O)NC(=O)OC)C1COCC1C(=O)O. The summed E-state index contributed by atoms with van der Waals surface area (Å²) in [6.45, 7) is 2.81. The third kappa shape index (κ3) is 4.46. The molecule has 20 heavy (non-hydrogen) atoms. The first-order chi connectivity index (χ1) is 9.49. The summed E-state index contributed by atoms with van der Waals surface area (Å²) >= 11 is 0. The lowest BCUT2D eigenvalue weighted by Gasteiger charge is -2.29. The molecule has 114 valence electrons. The number of carboxylic acid groups (broad SMARTS) is 1. The van der Waals surface area contributed by atoms with E-state index in [9.17, 15) is 14.4 Å². The number of carbonyl (C=O) groups is 3. The van der Waals surface area contributed by atoms with Gasteiger partial charge in [-0.3, -0.25) is 19.8 Å². The lowest BCUT2D eigenvalue weighted by atomic mass is 10.0. The standard InChI is InChI=1S/C12H20N2O6/c1-3-4-14(5-10(15)13-12(18)19-2)9-7-20-6-8(9)11(16)17/h8-9H,3-7H2,1-2H3,(H,16,17)(H,13,15,18). The van der Waals surface area contributed by atoms with Gasteiger partial charge in [0, 0.05) is 6.04 Å². The molecular weight excluding hydrogens is 268 g/mol. The number of methoxy groups -OCH3 is 1. The molecule has 1 aliphatic heterocycles. The van der Waals surface area contributed by atoms with E-state index in [-0.39, 0.29) is 25.8 Å². The van der Waals surface area contributed by atoms with Gasteiger partial charge < -0.3 is 14.6 Å². The molecule has 2 amide bonds. The van der Waals surface area contributed by atoms with E-state index < -0.39 is 23.9 Å². The molecule has 2 unspecified atom stereocenters. The van der Waals surface area contributed by atoms with Gasteiger partial charge in [0.1, 0.15) is 0 Å². The zero-order valence-electron chi connectivity index (χ0n) is 11.6. The average Bonchev–Trinajstić information content (AvgIpc) is 2.87. The number of hydrogen-bond acceptors (Lipinski definition) is 6. The molecular formula is C12H20N2O6. The first-order valence-electron chi connectivity index (χ1n) is 6.42. The third-order valence-electron chi connectivity index (χ3n) is 3.12. The second kappa shape index (κ2) is 7.81. The highest BCUT2D eigenvalue weighted by Crippen LogP contribution is 2.20. The largest absolute Gasteiger partial charge is 0.481 e. The first-order valence-corrected chi connectivity index (χ1v) is 6.42. The molecule has 0 saturated carbocycles. The number of hydrogen-bond donors (Lipinski definition) is 2. The van der Waals surface area contributed by atoms with Crippen LogP contribution in [0, 0.1) is 5.92 Å². The van der Waals surface area contributed by atoms with E-state index in [1.807, 2.05) is 6.92 Å². The van der Waals surface area contributed by atoms with Crippen molar-refractivity contribution in [3.05, 3.63) is 0 Å². The Bertz CT molecular complexity index is 373. The predicted molar refractivity (Wildman–Crippen MR) is 68.1 cm³/mol. The number of carboxylic acids is 1. The number of alkyl carbamates (subject to hydrolysis) is 1. The van der Waals surface area contributed by atoms with Crippen LogP contribution in [0.4, 0.5) is 4.79 Å². The Morgan fingerprint density at radius 1 is 1.40 bits per heavy atom. The number of amides is 2. The van der Waals surface area contributed by atoms with Crippen molar-refractivity contribution in [1.29, 1.82) is 0 Å². The van der Waals surface area contributed by atoms with Gasteiger partial charge in [0.25, 0.3) is 0 Å². The molecule has 0 bridgehead atoms. The molecule has 0 aliphatic carbocycles. The fraction of sp³-hybridized carbons (Fsp3) is 0.750. The van der Waals surface area contributed by atoms with Gasteiger partial charge in [0.2, 0.25) is 5.91 Å². The normalized spacial score (nSPS) is 21.8. The van der Waals surface area contributed by atoms with Crippen molar-refractivity contribution in [1.82, 2.24) is 10.2 Å². The van der Waals surface area contributed by atoms with E-state index in [2.05, 4.69) is 10.1 Å². The van der Waals surface area contributed by atoms with E-state index >= 15 is 0 Å². The Morgan fingerprint density at radius 3 is 2.65 bits per heavy atom. The van der Waals surface area contributed by atoms with Gasteiger partial charge in [0.15, 0.2) is 0 Å². The molecule has 2 atom stereocenters. The topological polar surface area (TPSA) is 105 Å². The van der Waals surface area contributed by atoms with Crippen LogP contribution in [0.1, 0.15) is 13.3 Å². The summed E-state index contributed by atoms with van der Waals surface area (Å²) in [4.78, 5) is 35.5. The van der Waals surface area contributed by atoms with Crippen LogP contribution in [-0.2, 0) is 19.1 Å². The van der Waals surface area contributed by atoms with Gasteiger partial charge in [-0.15, -0.1) is 0 Å². The zero-order chi connectivity index (χ0) is 15.1. The van der Waals surface area contributed by atoms with E-state index in [1.165, 1.54) is 0 Å². The van der Waals surface area contributed by atoms with E-state index in [4.69, 9.17) is 9.84 Å². The van der Waals surface area contributed by atoms with Gasteiger partial charge in [0.05, 0.1) is 32.8 Å². The number of nitrogens with zero attached hydrogens (tertiary/aromatic N) is 1. The summed E-state index contributed by atoms with van der Waals surface area (Å²) in [5.74, 6) is -2.13. The lowest BCUT2D eigenvalue weighted by Crippen LogP contribution is -2.48. The van der Waals surface area contributed by atoms with Crippen LogP contribution in [0.15, 0.2) is 0 Å². The number of rotatable bonds is 6. The second-order valence-corrected chi connectivity index (χ2v) is 4.56. The average molecular weight is 288 g/mol. The number of aliphatic carboxylic acids is 1. The van der Waals surface area contributed by atoms with Crippen molar-refractivity contribution in [2.45, 2.75) is 19.4 Å². The maximum absolute atomic E-state index is 11.7. The molecule has 0 aromatic rings. The molecule has 0 aromatic heterocycles. The Balaban J connectivity index is 2.66. The van der Waals surface area contributed by atoms with Crippen molar-refractivity contribution in [3.63, 3.8) is 0 Å². The maximum atomic E-state index is 11.7. The van der Waals surface area contributed by atoms with Crippen LogP contribution in [0.3, 0.4) is 0 Å². The molecule has 8 heteroatoms. The van der Waals surface area contributed by atoms with Crippen molar-refractivity contribution >= 4 is 18.0 Å². The van der Waals surface area contributed by atoms with Crippen LogP contribution in [0.25, 0.3) is 0 Å². The van der Waals surface area contributed by atoms with Crippen LogP contribution < -0.4 is 5.32 Å². The molecule has 1 fully saturated rings. The summed E-state index contributed by atoms with van der Waals surface area (Å²) in [5.41, 5.74) is 0. The van der Waals surface area contributed by atoms with Gasteiger partial charge in [-0.2, -0.15) is 0 Å². The first kappa shape index (κ1) is 16.4. The number of carbonyl (C=O) groups excluding carboxylic acids is 2. The molecule has 2 N–H and O–H groups in total.